The van der Waals surface area contributed by atoms with Crippen molar-refractivity contribution in [2.75, 3.05) is 18.0 Å². The van der Waals surface area contributed by atoms with E-state index in [4.69, 9.17) is 4.98 Å². The van der Waals surface area contributed by atoms with Gasteiger partial charge in [0.05, 0.1) is 27.2 Å². The van der Waals surface area contributed by atoms with Crippen molar-refractivity contribution in [1.29, 1.82) is 5.26 Å². The topological polar surface area (TPSA) is 68.6 Å². The molecule has 0 saturated carbocycles. The number of benzene rings is 2. The summed E-state index contributed by atoms with van der Waals surface area (Å²) in [6.07, 6.45) is 3.79. The number of nitrogens with zero attached hydrogens (tertiary/aromatic N) is 4. The second kappa shape index (κ2) is 9.91. The molecule has 7 heteroatoms. The van der Waals surface area contributed by atoms with Crippen LogP contribution in [-0.2, 0) is 0 Å². The summed E-state index contributed by atoms with van der Waals surface area (Å²) in [5, 5.41) is 21.1. The highest BCUT2D eigenvalue weighted by atomic mass is 35.5. The van der Waals surface area contributed by atoms with Gasteiger partial charge < -0.3 is 4.90 Å². The Morgan fingerprint density at radius 3 is 2.34 bits per heavy atom. The molecule has 2 aromatic carbocycles. The third kappa shape index (κ3) is 4.18. The molecule has 0 spiro atoms. The molecule has 174 valence electrons. The third-order valence-electron chi connectivity index (χ3n) is 6.51. The molecule has 1 aliphatic heterocycles. The van der Waals surface area contributed by atoms with Crippen LogP contribution >= 0.6 is 23.7 Å². The fourth-order valence-electron chi connectivity index (χ4n) is 4.85. The highest BCUT2D eigenvalue weighted by Crippen LogP contribution is 2.41. The normalized spacial score (nSPS) is 13.4. The van der Waals surface area contributed by atoms with Crippen LogP contribution in [0.25, 0.3) is 44.0 Å². The number of rotatable bonds is 4. The van der Waals surface area contributed by atoms with Gasteiger partial charge in [0.25, 0.3) is 0 Å². The second-order valence-electron chi connectivity index (χ2n) is 8.56. The zero-order valence-electron chi connectivity index (χ0n) is 19.1. The van der Waals surface area contributed by atoms with Crippen LogP contribution in [0, 0.1) is 11.3 Å². The van der Waals surface area contributed by atoms with Crippen LogP contribution in [0.1, 0.15) is 24.8 Å². The fraction of sp³-hybridized carbons (Fsp3) is 0.179. The molecular formula is C28H24ClN5S. The fourth-order valence-corrected chi connectivity index (χ4v) is 5.57. The predicted molar refractivity (Wildman–Crippen MR) is 146 cm³/mol. The zero-order chi connectivity index (χ0) is 22.9. The summed E-state index contributed by atoms with van der Waals surface area (Å²) in [7, 11) is 0. The van der Waals surface area contributed by atoms with E-state index in [0.29, 0.717) is 16.9 Å². The molecule has 6 rings (SSSR count). The van der Waals surface area contributed by atoms with Gasteiger partial charge in [-0.25, -0.2) is 4.98 Å². The highest BCUT2D eigenvalue weighted by Gasteiger charge is 2.23. The van der Waals surface area contributed by atoms with E-state index in [2.05, 4.69) is 51.5 Å². The summed E-state index contributed by atoms with van der Waals surface area (Å²) in [6.45, 7) is 2.20. The number of H-pyrrole nitrogens is 1. The quantitative estimate of drug-likeness (QED) is 0.282. The molecule has 1 aliphatic rings. The summed E-state index contributed by atoms with van der Waals surface area (Å²) in [6, 6.07) is 25.1. The van der Waals surface area contributed by atoms with Crippen LogP contribution in [0.5, 0.6) is 0 Å². The number of pyridine rings is 1. The van der Waals surface area contributed by atoms with Crippen LogP contribution in [0.15, 0.2) is 72.1 Å². The molecule has 0 radical (unpaired) electrons. The second-order valence-corrected chi connectivity index (χ2v) is 9.51. The Labute approximate surface area is 214 Å². The Balaban J connectivity index is 0.00000253. The molecule has 1 N–H and O–H groups in total. The van der Waals surface area contributed by atoms with Gasteiger partial charge in [-0.05, 0) is 48.4 Å². The molecule has 0 unspecified atom stereocenters. The lowest BCUT2D eigenvalue weighted by atomic mass is 9.92. The van der Waals surface area contributed by atoms with E-state index in [-0.39, 0.29) is 12.4 Å². The molecule has 1 fully saturated rings. The first-order chi connectivity index (χ1) is 16.8. The van der Waals surface area contributed by atoms with E-state index in [9.17, 15) is 5.26 Å². The summed E-state index contributed by atoms with van der Waals surface area (Å²) >= 11 is 1.65. The number of nitriles is 1. The number of anilines is 1. The van der Waals surface area contributed by atoms with Crippen molar-refractivity contribution in [3.63, 3.8) is 0 Å². The summed E-state index contributed by atoms with van der Waals surface area (Å²) in [4.78, 5) is 8.38. The molecule has 4 heterocycles. The molecule has 35 heavy (non-hydrogen) atoms. The number of fused-ring (bicyclic) bond motifs is 1. The SMILES string of the molecule is Cl.N#Cc1c(-c2ccccc2)nc2n[nH]c(-c3cccs3)c2c1-c1ccc(N2CCCCC2)cc1. The van der Waals surface area contributed by atoms with Crippen molar-refractivity contribution in [1.82, 2.24) is 15.2 Å². The molecule has 5 aromatic rings. The minimum Gasteiger partial charge on any atom is -0.372 e. The molecule has 3 aromatic heterocycles. The lowest BCUT2D eigenvalue weighted by molar-refractivity contribution is 0.578. The number of thiophene rings is 1. The van der Waals surface area contributed by atoms with Crippen molar-refractivity contribution < 1.29 is 0 Å². The monoisotopic (exact) mass is 497 g/mol. The predicted octanol–water partition coefficient (Wildman–Crippen LogP) is 7.30. The van der Waals surface area contributed by atoms with E-state index >= 15 is 0 Å². The van der Waals surface area contributed by atoms with Gasteiger partial charge in [-0.3, -0.25) is 5.10 Å². The van der Waals surface area contributed by atoms with Gasteiger partial charge in [0.1, 0.15) is 6.07 Å². The van der Waals surface area contributed by atoms with Gasteiger partial charge in [0.15, 0.2) is 5.65 Å². The number of hydrogen-bond donors (Lipinski definition) is 1. The first-order valence-corrected chi connectivity index (χ1v) is 12.5. The van der Waals surface area contributed by atoms with Crippen LogP contribution in [0.2, 0.25) is 0 Å². The third-order valence-corrected chi connectivity index (χ3v) is 7.39. The summed E-state index contributed by atoms with van der Waals surface area (Å²) in [5.41, 5.74) is 6.79. The van der Waals surface area contributed by atoms with Gasteiger partial charge in [-0.15, -0.1) is 23.7 Å². The Kier molecular flexibility index (Phi) is 6.54. The van der Waals surface area contributed by atoms with Crippen LogP contribution in [0.3, 0.4) is 0 Å². The first kappa shape index (κ1) is 23.1. The number of piperidine rings is 1. The maximum Gasteiger partial charge on any atom is 0.182 e. The Morgan fingerprint density at radius 1 is 0.886 bits per heavy atom. The Morgan fingerprint density at radius 2 is 1.66 bits per heavy atom. The molecule has 0 amide bonds. The maximum absolute atomic E-state index is 10.4. The van der Waals surface area contributed by atoms with E-state index in [1.807, 2.05) is 41.8 Å². The molecular weight excluding hydrogens is 474 g/mol. The minimum absolute atomic E-state index is 0. The molecule has 0 atom stereocenters. The van der Waals surface area contributed by atoms with Gasteiger partial charge in [0.2, 0.25) is 0 Å². The van der Waals surface area contributed by atoms with E-state index in [1.54, 1.807) is 11.3 Å². The van der Waals surface area contributed by atoms with Crippen molar-refractivity contribution in [2.24, 2.45) is 0 Å². The standard InChI is InChI=1S/C28H23N5S.ClH/c29-18-22-24(19-11-13-21(14-12-19)33-15-5-2-6-16-33)25-27(23-10-7-17-34-23)31-32-28(25)30-26(22)20-8-3-1-4-9-20;/h1,3-4,7-14,17H,2,5-6,15-16H2,(H,30,31,32);1H. The van der Waals surface area contributed by atoms with Crippen LogP contribution in [0.4, 0.5) is 5.69 Å². The molecule has 5 nitrogen and oxygen atoms in total. The van der Waals surface area contributed by atoms with Gasteiger partial charge in [-0.2, -0.15) is 10.4 Å². The molecule has 0 aliphatic carbocycles. The van der Waals surface area contributed by atoms with Crippen LogP contribution in [-0.4, -0.2) is 28.3 Å². The maximum atomic E-state index is 10.4. The lowest BCUT2D eigenvalue weighted by Gasteiger charge is -2.29. The summed E-state index contributed by atoms with van der Waals surface area (Å²) in [5.74, 6) is 0. The summed E-state index contributed by atoms with van der Waals surface area (Å²) < 4.78 is 0. The number of aromatic amines is 1. The minimum atomic E-state index is 0. The zero-order valence-corrected chi connectivity index (χ0v) is 20.7. The lowest BCUT2D eigenvalue weighted by Crippen LogP contribution is -2.29. The highest BCUT2D eigenvalue weighted by molar-refractivity contribution is 7.13. The average molecular weight is 498 g/mol. The molecule has 1 saturated heterocycles. The first-order valence-electron chi connectivity index (χ1n) is 11.6. The largest absolute Gasteiger partial charge is 0.372 e. The van der Waals surface area contributed by atoms with Crippen molar-refractivity contribution in [3.8, 4) is 39.0 Å². The number of hydrogen-bond acceptors (Lipinski definition) is 5. The Bertz CT molecular complexity index is 1480. The van der Waals surface area contributed by atoms with Crippen molar-refractivity contribution in [3.05, 3.63) is 77.7 Å². The Hall–Kier alpha value is -3.66. The number of halogens is 1. The van der Waals surface area contributed by atoms with E-state index < -0.39 is 0 Å². The van der Waals surface area contributed by atoms with Crippen LogP contribution < -0.4 is 4.90 Å². The van der Waals surface area contributed by atoms with Crippen molar-refractivity contribution >= 4 is 40.5 Å². The number of aromatic nitrogens is 3. The molecule has 0 bridgehead atoms. The smallest absolute Gasteiger partial charge is 0.182 e. The van der Waals surface area contributed by atoms with Gasteiger partial charge in [0, 0.05) is 29.9 Å². The number of nitrogens with one attached hydrogen (secondary N) is 1. The average Bonchev–Trinajstić information content (AvgIpc) is 3.59. The van der Waals surface area contributed by atoms with Gasteiger partial charge >= 0.3 is 0 Å². The van der Waals surface area contributed by atoms with Gasteiger partial charge in [-0.1, -0.05) is 48.5 Å². The van der Waals surface area contributed by atoms with E-state index in [1.165, 1.54) is 24.9 Å². The van der Waals surface area contributed by atoms with E-state index in [0.717, 1.165) is 45.7 Å². The van der Waals surface area contributed by atoms with Crippen molar-refractivity contribution in [2.45, 2.75) is 19.3 Å².